The minimum absolute atomic E-state index is 0.0607. The number of aryl methyl sites for hydroxylation is 1. The van der Waals surface area contributed by atoms with Gasteiger partial charge in [0, 0.05) is 30.4 Å². The molecule has 0 radical (unpaired) electrons. The highest BCUT2D eigenvalue weighted by Crippen LogP contribution is 2.33. The van der Waals surface area contributed by atoms with Crippen LogP contribution in [0.15, 0.2) is 6.07 Å². The molecule has 126 valence electrons. The lowest BCUT2D eigenvalue weighted by atomic mass is 9.87. The first-order valence-electron chi connectivity index (χ1n) is 8.73. The van der Waals surface area contributed by atoms with Crippen molar-refractivity contribution < 1.29 is 9.59 Å². The number of thiophene rings is 1. The highest BCUT2D eigenvalue weighted by Gasteiger charge is 2.29. The van der Waals surface area contributed by atoms with E-state index in [1.165, 1.54) is 10.4 Å². The van der Waals surface area contributed by atoms with Crippen LogP contribution < -0.4 is 5.32 Å². The Morgan fingerprint density at radius 1 is 1.35 bits per heavy atom. The Bertz CT molecular complexity index is 588. The molecule has 2 amide bonds. The van der Waals surface area contributed by atoms with E-state index in [-0.39, 0.29) is 17.7 Å². The summed E-state index contributed by atoms with van der Waals surface area (Å²) in [6, 6.07) is 2.04. The number of amides is 2. The van der Waals surface area contributed by atoms with Gasteiger partial charge >= 0.3 is 0 Å². The van der Waals surface area contributed by atoms with Crippen LogP contribution >= 0.6 is 11.3 Å². The molecule has 0 aromatic carbocycles. The molecule has 4 nitrogen and oxygen atoms in total. The topological polar surface area (TPSA) is 49.4 Å². The lowest BCUT2D eigenvalue weighted by molar-refractivity contribution is -0.125. The van der Waals surface area contributed by atoms with E-state index in [1.54, 1.807) is 11.3 Å². The number of hydrogen-bond donors (Lipinski definition) is 1. The lowest BCUT2D eigenvalue weighted by Crippen LogP contribution is -2.35. The first-order valence-corrected chi connectivity index (χ1v) is 9.55. The number of likely N-dealkylation sites (tertiary alicyclic amines) is 1. The molecule has 3 rings (SSSR count). The van der Waals surface area contributed by atoms with Crippen LogP contribution in [0.4, 0.5) is 0 Å². The molecule has 1 N–H and O–H groups in total. The summed E-state index contributed by atoms with van der Waals surface area (Å²) < 4.78 is 0. The van der Waals surface area contributed by atoms with Gasteiger partial charge in [-0.1, -0.05) is 13.8 Å². The summed E-state index contributed by atoms with van der Waals surface area (Å²) in [5.74, 6) is 0.889. The molecule has 23 heavy (non-hydrogen) atoms. The fraction of sp³-hybridized carbons (Fsp3) is 0.667. The third kappa shape index (κ3) is 3.77. The van der Waals surface area contributed by atoms with Gasteiger partial charge in [0.1, 0.15) is 0 Å². The quantitative estimate of drug-likeness (QED) is 0.920. The van der Waals surface area contributed by atoms with Gasteiger partial charge in [-0.3, -0.25) is 9.59 Å². The van der Waals surface area contributed by atoms with Gasteiger partial charge in [-0.15, -0.1) is 11.3 Å². The van der Waals surface area contributed by atoms with E-state index in [2.05, 4.69) is 19.2 Å². The summed E-state index contributed by atoms with van der Waals surface area (Å²) in [7, 11) is 0. The number of hydrogen-bond acceptors (Lipinski definition) is 3. The molecule has 5 heteroatoms. The van der Waals surface area contributed by atoms with Gasteiger partial charge in [0.15, 0.2) is 0 Å². The molecule has 1 atom stereocenters. The molecule has 1 fully saturated rings. The Labute approximate surface area is 142 Å². The maximum Gasteiger partial charge on any atom is 0.263 e. The Balaban J connectivity index is 1.64. The summed E-state index contributed by atoms with van der Waals surface area (Å²) in [5.41, 5.74) is 1.22. The molecule has 2 aliphatic rings. The van der Waals surface area contributed by atoms with Gasteiger partial charge in [-0.2, -0.15) is 0 Å². The summed E-state index contributed by atoms with van der Waals surface area (Å²) in [5, 5.41) is 3.05. The minimum Gasteiger partial charge on any atom is -0.356 e. The molecule has 1 aromatic heterocycles. The van der Waals surface area contributed by atoms with E-state index in [4.69, 9.17) is 0 Å². The fourth-order valence-corrected chi connectivity index (χ4v) is 4.55. The summed E-state index contributed by atoms with van der Waals surface area (Å²) in [6.45, 7) is 6.73. The van der Waals surface area contributed by atoms with Gasteiger partial charge in [0.2, 0.25) is 5.91 Å². The number of fused-ring (bicyclic) bond motifs is 1. The van der Waals surface area contributed by atoms with Crippen molar-refractivity contribution >= 4 is 23.2 Å². The van der Waals surface area contributed by atoms with E-state index >= 15 is 0 Å². The van der Waals surface area contributed by atoms with Crippen molar-refractivity contribution in [1.29, 1.82) is 0 Å². The smallest absolute Gasteiger partial charge is 0.263 e. The monoisotopic (exact) mass is 334 g/mol. The van der Waals surface area contributed by atoms with Crippen molar-refractivity contribution in [2.45, 2.75) is 46.0 Å². The Hall–Kier alpha value is -1.36. The molecule has 1 unspecified atom stereocenters. The van der Waals surface area contributed by atoms with Crippen LogP contribution in [0.5, 0.6) is 0 Å². The number of nitrogens with one attached hydrogen (secondary N) is 1. The zero-order valence-electron chi connectivity index (χ0n) is 14.1. The van der Waals surface area contributed by atoms with Crippen LogP contribution in [0.1, 0.15) is 53.2 Å². The van der Waals surface area contributed by atoms with Gasteiger partial charge in [-0.05, 0) is 49.7 Å². The van der Waals surface area contributed by atoms with Crippen LogP contribution in [0, 0.1) is 11.8 Å². The summed E-state index contributed by atoms with van der Waals surface area (Å²) >= 11 is 1.64. The van der Waals surface area contributed by atoms with E-state index in [1.807, 2.05) is 11.0 Å². The maximum atomic E-state index is 12.5. The predicted octanol–water partition coefficient (Wildman–Crippen LogP) is 2.86. The SMILES string of the molecule is CC(C)CNC(=O)C1CCc2sc(C(=O)N3CCCC3)cc2C1. The predicted molar refractivity (Wildman–Crippen MR) is 92.8 cm³/mol. The Morgan fingerprint density at radius 2 is 2.09 bits per heavy atom. The van der Waals surface area contributed by atoms with Crippen LogP contribution in [-0.2, 0) is 17.6 Å². The molecular formula is C18H26N2O2S. The zero-order chi connectivity index (χ0) is 16.4. The number of nitrogens with zero attached hydrogens (tertiary/aromatic N) is 1. The first-order chi connectivity index (χ1) is 11.0. The standard InChI is InChI=1S/C18H26N2O2S/c1-12(2)11-19-17(21)13-5-6-15-14(9-13)10-16(23-15)18(22)20-7-3-4-8-20/h10,12-13H,3-9,11H2,1-2H3,(H,19,21). The molecule has 0 saturated carbocycles. The van der Waals surface area contributed by atoms with E-state index < -0.39 is 0 Å². The molecular weight excluding hydrogens is 308 g/mol. The summed E-state index contributed by atoms with van der Waals surface area (Å²) in [6.07, 6.45) is 4.84. The van der Waals surface area contributed by atoms with Gasteiger partial charge in [0.25, 0.3) is 5.91 Å². The van der Waals surface area contributed by atoms with Gasteiger partial charge in [-0.25, -0.2) is 0 Å². The minimum atomic E-state index is 0.0607. The average molecular weight is 334 g/mol. The van der Waals surface area contributed by atoms with Crippen molar-refractivity contribution in [3.05, 3.63) is 21.4 Å². The molecule has 1 aliphatic heterocycles. The van der Waals surface area contributed by atoms with Crippen LogP contribution in [0.2, 0.25) is 0 Å². The second-order valence-electron chi connectivity index (χ2n) is 7.14. The van der Waals surface area contributed by atoms with E-state index in [0.29, 0.717) is 5.92 Å². The molecule has 1 aromatic rings. The Morgan fingerprint density at radius 3 is 2.78 bits per heavy atom. The molecule has 2 heterocycles. The van der Waals surface area contributed by atoms with Crippen molar-refractivity contribution in [3.8, 4) is 0 Å². The van der Waals surface area contributed by atoms with Gasteiger partial charge < -0.3 is 10.2 Å². The third-order valence-corrected chi connectivity index (χ3v) is 5.97. The maximum absolute atomic E-state index is 12.5. The van der Waals surface area contributed by atoms with Gasteiger partial charge in [0.05, 0.1) is 4.88 Å². The highest BCUT2D eigenvalue weighted by atomic mass is 32.1. The van der Waals surface area contributed by atoms with Crippen molar-refractivity contribution in [3.63, 3.8) is 0 Å². The molecule has 0 spiro atoms. The van der Waals surface area contributed by atoms with E-state index in [9.17, 15) is 9.59 Å². The van der Waals surface area contributed by atoms with Crippen LogP contribution in [0.3, 0.4) is 0 Å². The first kappa shape index (κ1) is 16.5. The largest absolute Gasteiger partial charge is 0.356 e. The second kappa shape index (κ2) is 7.04. The summed E-state index contributed by atoms with van der Waals surface area (Å²) in [4.78, 5) is 28.9. The second-order valence-corrected chi connectivity index (χ2v) is 8.27. The van der Waals surface area contributed by atoms with E-state index in [0.717, 1.165) is 56.6 Å². The third-order valence-electron chi connectivity index (χ3n) is 4.74. The average Bonchev–Trinajstić information content (AvgIpc) is 3.20. The zero-order valence-corrected chi connectivity index (χ0v) is 14.9. The fourth-order valence-electron chi connectivity index (χ4n) is 3.38. The lowest BCUT2D eigenvalue weighted by Gasteiger charge is -2.21. The normalized spacial score (nSPS) is 20.7. The number of rotatable bonds is 4. The molecule has 1 saturated heterocycles. The van der Waals surface area contributed by atoms with Crippen molar-refractivity contribution in [2.75, 3.05) is 19.6 Å². The number of carbonyl (C=O) groups is 2. The number of carbonyl (C=O) groups excluding carboxylic acids is 2. The van der Waals surface area contributed by atoms with Crippen molar-refractivity contribution in [1.82, 2.24) is 10.2 Å². The highest BCUT2D eigenvalue weighted by molar-refractivity contribution is 7.14. The molecule has 1 aliphatic carbocycles. The van der Waals surface area contributed by atoms with Crippen molar-refractivity contribution in [2.24, 2.45) is 11.8 Å². The molecule has 0 bridgehead atoms. The van der Waals surface area contributed by atoms with Crippen LogP contribution in [-0.4, -0.2) is 36.3 Å². The van der Waals surface area contributed by atoms with Crippen LogP contribution in [0.25, 0.3) is 0 Å². The Kier molecular flexibility index (Phi) is 5.05.